The Morgan fingerprint density at radius 3 is 2.60 bits per heavy atom. The molecular weight excluding hydrogens is 356 g/mol. The second-order valence-corrected chi connectivity index (χ2v) is 8.02. The highest BCUT2D eigenvalue weighted by atomic mass is 35.5. The predicted octanol–water partition coefficient (Wildman–Crippen LogP) is 3.74. The molecule has 25 heavy (non-hydrogen) atoms. The molecule has 0 saturated heterocycles. The van der Waals surface area contributed by atoms with Gasteiger partial charge in [-0.15, -0.1) is 11.3 Å². The van der Waals surface area contributed by atoms with E-state index >= 15 is 0 Å². The summed E-state index contributed by atoms with van der Waals surface area (Å²) in [5, 5.41) is 5.54. The first kappa shape index (κ1) is 18.0. The lowest BCUT2D eigenvalue weighted by Crippen LogP contribution is -2.52. The molecule has 1 aromatic heterocycles. The van der Waals surface area contributed by atoms with Crippen molar-refractivity contribution in [2.75, 3.05) is 6.54 Å². The lowest BCUT2D eigenvalue weighted by atomic mass is 10.0. The molecule has 0 fully saturated rings. The van der Waals surface area contributed by atoms with Gasteiger partial charge in [0.15, 0.2) is 0 Å². The molecule has 0 saturated carbocycles. The molecule has 0 spiro atoms. The van der Waals surface area contributed by atoms with Gasteiger partial charge < -0.3 is 10.2 Å². The minimum Gasteiger partial charge on any atom is -0.340 e. The van der Waals surface area contributed by atoms with Crippen LogP contribution in [0.25, 0.3) is 0 Å². The number of halogens is 1. The lowest BCUT2D eigenvalue weighted by molar-refractivity contribution is -0.135. The fourth-order valence-corrected chi connectivity index (χ4v) is 3.99. The summed E-state index contributed by atoms with van der Waals surface area (Å²) in [6, 6.07) is 8.21. The maximum Gasteiger partial charge on any atom is 0.251 e. The lowest BCUT2D eigenvalue weighted by Gasteiger charge is -2.32. The summed E-state index contributed by atoms with van der Waals surface area (Å²) in [6.45, 7) is 5.22. The van der Waals surface area contributed by atoms with E-state index < -0.39 is 6.04 Å². The Kier molecular flexibility index (Phi) is 5.45. The molecule has 6 heteroatoms. The zero-order valence-corrected chi connectivity index (χ0v) is 15.9. The standard InChI is InChI=1S/C19H21ClN2O2S/c1-12(2)17(21-18(23)13-3-5-15(20)6-4-13)19(24)22-9-7-16-14(11-22)8-10-25-16/h3-6,8,10,12,17H,7,9,11H2,1-2H3,(H,21,23). The number of rotatable bonds is 4. The van der Waals surface area contributed by atoms with Crippen molar-refractivity contribution in [2.24, 2.45) is 5.92 Å². The molecule has 1 aliphatic heterocycles. The smallest absolute Gasteiger partial charge is 0.251 e. The Morgan fingerprint density at radius 1 is 1.20 bits per heavy atom. The van der Waals surface area contributed by atoms with Gasteiger partial charge >= 0.3 is 0 Å². The first-order valence-electron chi connectivity index (χ1n) is 8.36. The molecule has 1 unspecified atom stereocenters. The highest BCUT2D eigenvalue weighted by Gasteiger charge is 2.31. The third-order valence-electron chi connectivity index (χ3n) is 4.45. The minimum atomic E-state index is -0.539. The van der Waals surface area contributed by atoms with Crippen molar-refractivity contribution >= 4 is 34.8 Å². The topological polar surface area (TPSA) is 49.4 Å². The summed E-state index contributed by atoms with van der Waals surface area (Å²) in [7, 11) is 0. The Balaban J connectivity index is 1.71. The van der Waals surface area contributed by atoms with E-state index in [1.165, 1.54) is 10.4 Å². The number of benzene rings is 1. The maximum absolute atomic E-state index is 13.0. The van der Waals surface area contributed by atoms with Crippen LogP contribution < -0.4 is 5.32 Å². The van der Waals surface area contributed by atoms with E-state index in [2.05, 4.69) is 16.8 Å². The molecule has 0 aliphatic carbocycles. The van der Waals surface area contributed by atoms with Gasteiger partial charge in [0.1, 0.15) is 6.04 Å². The predicted molar refractivity (Wildman–Crippen MR) is 101 cm³/mol. The number of hydrogen-bond donors (Lipinski definition) is 1. The number of amides is 2. The Bertz CT molecular complexity index is 770. The Morgan fingerprint density at radius 2 is 1.92 bits per heavy atom. The first-order chi connectivity index (χ1) is 12.0. The summed E-state index contributed by atoms with van der Waals surface area (Å²) in [5.74, 6) is -0.265. The van der Waals surface area contributed by atoms with Gasteiger partial charge in [-0.1, -0.05) is 25.4 Å². The molecule has 0 radical (unpaired) electrons. The van der Waals surface area contributed by atoms with E-state index in [1.807, 2.05) is 18.7 Å². The van der Waals surface area contributed by atoms with Gasteiger partial charge in [0.2, 0.25) is 5.91 Å². The Labute approximate surface area is 156 Å². The molecule has 2 amide bonds. The van der Waals surface area contributed by atoms with Gasteiger partial charge in [0.25, 0.3) is 5.91 Å². The summed E-state index contributed by atoms with van der Waals surface area (Å²) in [4.78, 5) is 28.7. The fraction of sp³-hybridized carbons (Fsp3) is 0.368. The van der Waals surface area contributed by atoms with Crippen molar-refractivity contribution in [2.45, 2.75) is 32.9 Å². The van der Waals surface area contributed by atoms with Crippen LogP contribution in [0, 0.1) is 5.92 Å². The van der Waals surface area contributed by atoms with Crippen LogP contribution in [0.3, 0.4) is 0 Å². The summed E-state index contributed by atoms with van der Waals surface area (Å²) in [5.41, 5.74) is 1.72. The van der Waals surface area contributed by atoms with E-state index in [4.69, 9.17) is 11.6 Å². The van der Waals surface area contributed by atoms with Crippen molar-refractivity contribution in [3.8, 4) is 0 Å². The summed E-state index contributed by atoms with van der Waals surface area (Å²) < 4.78 is 0. The van der Waals surface area contributed by atoms with Crippen LogP contribution in [0.5, 0.6) is 0 Å². The van der Waals surface area contributed by atoms with E-state index in [9.17, 15) is 9.59 Å². The maximum atomic E-state index is 13.0. The third-order valence-corrected chi connectivity index (χ3v) is 5.72. The molecule has 1 aliphatic rings. The van der Waals surface area contributed by atoms with E-state index in [-0.39, 0.29) is 17.7 Å². The van der Waals surface area contributed by atoms with Crippen molar-refractivity contribution in [1.82, 2.24) is 10.2 Å². The highest BCUT2D eigenvalue weighted by molar-refractivity contribution is 7.10. The largest absolute Gasteiger partial charge is 0.340 e. The highest BCUT2D eigenvalue weighted by Crippen LogP contribution is 2.25. The minimum absolute atomic E-state index is 0.00706. The van der Waals surface area contributed by atoms with Crippen molar-refractivity contribution < 1.29 is 9.59 Å². The molecule has 3 rings (SSSR count). The number of fused-ring (bicyclic) bond motifs is 1. The number of nitrogens with zero attached hydrogens (tertiary/aromatic N) is 1. The summed E-state index contributed by atoms with van der Waals surface area (Å²) >= 11 is 7.61. The molecule has 0 bridgehead atoms. The molecule has 132 valence electrons. The zero-order valence-electron chi connectivity index (χ0n) is 14.3. The molecule has 2 aromatic rings. The number of hydrogen-bond acceptors (Lipinski definition) is 3. The van der Waals surface area contributed by atoms with Gasteiger partial charge in [0, 0.05) is 28.6 Å². The molecule has 1 N–H and O–H groups in total. The first-order valence-corrected chi connectivity index (χ1v) is 9.62. The second-order valence-electron chi connectivity index (χ2n) is 6.58. The number of nitrogens with one attached hydrogen (secondary N) is 1. The van der Waals surface area contributed by atoms with Crippen LogP contribution >= 0.6 is 22.9 Å². The average Bonchev–Trinajstić information content (AvgIpc) is 3.06. The second kappa shape index (κ2) is 7.58. The molecule has 1 atom stereocenters. The molecule has 2 heterocycles. The van der Waals surface area contributed by atoms with Gasteiger partial charge in [0.05, 0.1) is 0 Å². The number of thiophene rings is 1. The van der Waals surface area contributed by atoms with Crippen molar-refractivity contribution in [3.63, 3.8) is 0 Å². The zero-order chi connectivity index (χ0) is 18.0. The van der Waals surface area contributed by atoms with Crippen LogP contribution in [0.2, 0.25) is 5.02 Å². The molecule has 4 nitrogen and oxygen atoms in total. The van der Waals surface area contributed by atoms with E-state index in [0.29, 0.717) is 23.7 Å². The fourth-order valence-electron chi connectivity index (χ4n) is 2.97. The SMILES string of the molecule is CC(C)C(NC(=O)c1ccc(Cl)cc1)C(=O)N1CCc2sccc2C1. The van der Waals surface area contributed by atoms with Crippen molar-refractivity contribution in [1.29, 1.82) is 0 Å². The van der Waals surface area contributed by atoms with Crippen LogP contribution in [-0.4, -0.2) is 29.3 Å². The Hall–Kier alpha value is -1.85. The van der Waals surface area contributed by atoms with Gasteiger partial charge in [-0.3, -0.25) is 9.59 Å². The number of carbonyl (C=O) groups excluding carboxylic acids is 2. The van der Waals surface area contributed by atoms with Gasteiger partial charge in [-0.25, -0.2) is 0 Å². The van der Waals surface area contributed by atoms with E-state index in [1.54, 1.807) is 35.6 Å². The molecule has 1 aromatic carbocycles. The average molecular weight is 377 g/mol. The summed E-state index contributed by atoms with van der Waals surface area (Å²) in [6.07, 6.45) is 0.884. The van der Waals surface area contributed by atoms with Crippen LogP contribution in [0.15, 0.2) is 35.7 Å². The quantitative estimate of drug-likeness (QED) is 0.883. The van der Waals surface area contributed by atoms with Crippen molar-refractivity contribution in [3.05, 3.63) is 56.7 Å². The van der Waals surface area contributed by atoms with Crippen LogP contribution in [0.1, 0.15) is 34.6 Å². The monoisotopic (exact) mass is 376 g/mol. The van der Waals surface area contributed by atoms with Gasteiger partial charge in [-0.2, -0.15) is 0 Å². The van der Waals surface area contributed by atoms with Gasteiger partial charge in [-0.05, 0) is 53.6 Å². The van der Waals surface area contributed by atoms with Crippen LogP contribution in [0.4, 0.5) is 0 Å². The van der Waals surface area contributed by atoms with Crippen LogP contribution in [-0.2, 0) is 17.8 Å². The molecular formula is C19H21ClN2O2S. The number of carbonyl (C=O) groups is 2. The third kappa shape index (κ3) is 4.05. The normalized spacial score (nSPS) is 15.0. The van der Waals surface area contributed by atoms with E-state index in [0.717, 1.165) is 6.42 Å².